The molecule has 1 N–H and O–H groups in total. The summed E-state index contributed by atoms with van der Waals surface area (Å²) in [6, 6.07) is 0. The van der Waals surface area contributed by atoms with Gasteiger partial charge < -0.3 is 0 Å². The van der Waals surface area contributed by atoms with E-state index in [9.17, 15) is 0 Å². The minimum atomic E-state index is 0. The predicted octanol–water partition coefficient (Wildman–Crippen LogP) is -0.810. The molecule has 0 radical (unpaired) electrons. The summed E-state index contributed by atoms with van der Waals surface area (Å²) in [7, 11) is 1.18. The van der Waals surface area contributed by atoms with Crippen LogP contribution in [0.3, 0.4) is 0 Å². The summed E-state index contributed by atoms with van der Waals surface area (Å²) in [6.45, 7) is 0. The molecule has 0 heterocycles. The molecular formula is CH6BaO2. The van der Waals surface area contributed by atoms with Crippen molar-refractivity contribution in [2.45, 2.75) is 0 Å². The average Bonchev–Trinajstić information content (AvgIpc) is 0.918. The van der Waals surface area contributed by atoms with Crippen LogP contribution in [0.25, 0.3) is 0 Å². The first kappa shape index (κ1) is 9.09. The summed E-state index contributed by atoms with van der Waals surface area (Å²) >= 11 is 0. The van der Waals surface area contributed by atoms with E-state index in [0.717, 1.165) is 0 Å². The van der Waals surface area contributed by atoms with E-state index in [-0.39, 0.29) is 48.9 Å². The van der Waals surface area contributed by atoms with Crippen LogP contribution in [0.1, 0.15) is 0 Å². The van der Waals surface area contributed by atoms with E-state index in [2.05, 4.69) is 4.89 Å². The molecule has 0 rings (SSSR count). The van der Waals surface area contributed by atoms with Crippen LogP contribution in [-0.2, 0) is 4.89 Å². The first-order valence-corrected chi connectivity index (χ1v) is 0.591. The molecule has 0 bridgehead atoms. The zero-order chi connectivity index (χ0) is 2.71. The molecule has 0 fully saturated rings. The number of hydrogen-bond acceptors (Lipinski definition) is 2. The van der Waals surface area contributed by atoms with Crippen LogP contribution >= 0.6 is 0 Å². The van der Waals surface area contributed by atoms with Crippen LogP contribution in [0.2, 0.25) is 0 Å². The summed E-state index contributed by atoms with van der Waals surface area (Å²) in [5, 5.41) is 7.07. The van der Waals surface area contributed by atoms with Crippen molar-refractivity contribution in [2.75, 3.05) is 7.11 Å². The van der Waals surface area contributed by atoms with Gasteiger partial charge in [-0.1, -0.05) is 0 Å². The molecule has 0 unspecified atom stereocenters. The van der Waals surface area contributed by atoms with Gasteiger partial charge in [-0.3, -0.25) is 5.26 Å². The van der Waals surface area contributed by atoms with Gasteiger partial charge in [0.25, 0.3) is 0 Å². The standard InChI is InChI=1S/CH4O2.Ba.2H/c1-3-2;;;/h2H,1H3;;;. The fourth-order valence-corrected chi connectivity index (χ4v) is 0. The molecule has 3 heteroatoms. The third kappa shape index (κ3) is 9.74. The van der Waals surface area contributed by atoms with Gasteiger partial charge in [0.2, 0.25) is 0 Å². The Morgan fingerprint density at radius 2 is 1.75 bits per heavy atom. The fraction of sp³-hybridized carbons (Fsp3) is 1.00. The van der Waals surface area contributed by atoms with Crippen LogP contribution < -0.4 is 0 Å². The molecule has 4 heavy (non-hydrogen) atoms. The molecule has 0 aliphatic heterocycles. The van der Waals surface area contributed by atoms with Gasteiger partial charge in [-0.25, -0.2) is 4.89 Å². The minimum absolute atomic E-state index is 0. The van der Waals surface area contributed by atoms with E-state index in [4.69, 9.17) is 5.26 Å². The van der Waals surface area contributed by atoms with Crippen LogP contribution in [0.5, 0.6) is 0 Å². The van der Waals surface area contributed by atoms with Gasteiger partial charge in [0.1, 0.15) is 0 Å². The van der Waals surface area contributed by atoms with Gasteiger partial charge in [0, 0.05) is 0 Å². The Kier molecular flexibility index (Phi) is 20.0. The normalized spacial score (nSPS) is 4.50. The molecule has 2 nitrogen and oxygen atoms in total. The fourth-order valence-electron chi connectivity index (χ4n) is 0. The average molecular weight is 187 g/mol. The Balaban J connectivity index is 0. The molecule has 0 aromatic heterocycles. The zero-order valence-corrected chi connectivity index (χ0v) is 1.86. The molecule has 0 aromatic rings. The summed E-state index contributed by atoms with van der Waals surface area (Å²) in [4.78, 5) is 3.25. The Hall–Kier alpha value is 1.49. The van der Waals surface area contributed by atoms with E-state index in [0.29, 0.717) is 0 Å². The summed E-state index contributed by atoms with van der Waals surface area (Å²) in [5.41, 5.74) is 0. The number of rotatable bonds is 0. The van der Waals surface area contributed by atoms with Crippen molar-refractivity contribution in [3.8, 4) is 0 Å². The van der Waals surface area contributed by atoms with Gasteiger partial charge in [-0.2, -0.15) is 0 Å². The quantitative estimate of drug-likeness (QED) is 0.305. The first-order chi connectivity index (χ1) is 1.41. The van der Waals surface area contributed by atoms with Crippen molar-refractivity contribution >= 4 is 48.9 Å². The molecule has 0 atom stereocenters. The molecule has 24 valence electrons. The van der Waals surface area contributed by atoms with Crippen LogP contribution in [-0.4, -0.2) is 61.2 Å². The molecule has 0 saturated carbocycles. The molecule has 0 saturated heterocycles. The first-order valence-electron chi connectivity index (χ1n) is 0.591. The Bertz CT molecular complexity index is 6.00. The van der Waals surface area contributed by atoms with Gasteiger partial charge in [0.05, 0.1) is 7.11 Å². The van der Waals surface area contributed by atoms with E-state index in [1.54, 1.807) is 0 Å². The maximum atomic E-state index is 7.07. The van der Waals surface area contributed by atoms with E-state index in [1.165, 1.54) is 7.11 Å². The van der Waals surface area contributed by atoms with Crippen molar-refractivity contribution < 1.29 is 10.1 Å². The van der Waals surface area contributed by atoms with Crippen molar-refractivity contribution in [2.24, 2.45) is 0 Å². The number of hydrogen-bond donors (Lipinski definition) is 1. The van der Waals surface area contributed by atoms with Crippen molar-refractivity contribution in [3.63, 3.8) is 0 Å². The van der Waals surface area contributed by atoms with Crippen molar-refractivity contribution in [1.29, 1.82) is 0 Å². The van der Waals surface area contributed by atoms with E-state index in [1.807, 2.05) is 0 Å². The summed E-state index contributed by atoms with van der Waals surface area (Å²) < 4.78 is 0. The van der Waals surface area contributed by atoms with Gasteiger partial charge in [-0.05, 0) is 0 Å². The summed E-state index contributed by atoms with van der Waals surface area (Å²) in [6.07, 6.45) is 0. The molecule has 0 spiro atoms. The van der Waals surface area contributed by atoms with Crippen LogP contribution in [0.4, 0.5) is 0 Å². The van der Waals surface area contributed by atoms with Gasteiger partial charge in [0.15, 0.2) is 0 Å². The second kappa shape index (κ2) is 8.82. The Morgan fingerprint density at radius 3 is 1.75 bits per heavy atom. The molecule has 0 aliphatic rings. The van der Waals surface area contributed by atoms with Crippen molar-refractivity contribution in [3.05, 3.63) is 0 Å². The molecule has 0 aromatic carbocycles. The Morgan fingerprint density at radius 1 is 1.75 bits per heavy atom. The van der Waals surface area contributed by atoms with Crippen molar-refractivity contribution in [1.82, 2.24) is 0 Å². The second-order valence-electron chi connectivity index (χ2n) is 0.183. The molecular weight excluding hydrogens is 181 g/mol. The third-order valence-electron chi connectivity index (χ3n) is 0. The maximum absolute atomic E-state index is 7.07. The zero-order valence-electron chi connectivity index (χ0n) is 1.86. The summed E-state index contributed by atoms with van der Waals surface area (Å²) in [5.74, 6) is 0. The van der Waals surface area contributed by atoms with E-state index >= 15 is 0 Å². The van der Waals surface area contributed by atoms with Gasteiger partial charge >= 0.3 is 48.9 Å². The second-order valence-corrected chi connectivity index (χ2v) is 0.183. The molecule has 0 aliphatic carbocycles. The van der Waals surface area contributed by atoms with Crippen LogP contribution in [0, 0.1) is 0 Å². The Labute approximate surface area is 65.2 Å². The van der Waals surface area contributed by atoms with E-state index < -0.39 is 0 Å². The predicted molar refractivity (Wildman–Crippen MR) is 18.2 cm³/mol. The SMILES string of the molecule is COO.[BaH2]. The molecule has 0 amide bonds. The van der Waals surface area contributed by atoms with Gasteiger partial charge in [-0.15, -0.1) is 0 Å². The topological polar surface area (TPSA) is 29.5 Å². The van der Waals surface area contributed by atoms with Crippen LogP contribution in [0.15, 0.2) is 0 Å². The third-order valence-corrected chi connectivity index (χ3v) is 0. The monoisotopic (exact) mass is 188 g/mol.